The van der Waals surface area contributed by atoms with Crippen molar-refractivity contribution in [3.05, 3.63) is 0 Å². The third-order valence-corrected chi connectivity index (χ3v) is 3.15. The van der Waals surface area contributed by atoms with Crippen LogP contribution in [0.25, 0.3) is 0 Å². The number of hydrogen-bond donors (Lipinski definition) is 2. The first kappa shape index (κ1) is 14.9. The zero-order valence-electron chi connectivity index (χ0n) is 11.0. The van der Waals surface area contributed by atoms with Gasteiger partial charge in [-0.3, -0.25) is 11.3 Å². The molecule has 0 aromatic heterocycles. The van der Waals surface area contributed by atoms with E-state index in [1.165, 1.54) is 6.42 Å². The van der Waals surface area contributed by atoms with Gasteiger partial charge >= 0.3 is 0 Å². The quantitative estimate of drug-likeness (QED) is 0.484. The Hall–Kier alpha value is -0.120. The van der Waals surface area contributed by atoms with Crippen molar-refractivity contribution in [2.45, 2.75) is 65.5 Å². The SMILES string of the molecule is CCOC(C)(CC)C(CCC(C)C)NN. The zero-order valence-corrected chi connectivity index (χ0v) is 11.0. The molecule has 0 saturated carbocycles. The molecule has 0 radical (unpaired) electrons. The highest BCUT2D eigenvalue weighted by molar-refractivity contribution is 4.87. The van der Waals surface area contributed by atoms with Crippen molar-refractivity contribution in [3.8, 4) is 0 Å². The maximum absolute atomic E-state index is 5.82. The summed E-state index contributed by atoms with van der Waals surface area (Å²) >= 11 is 0. The molecule has 0 rings (SSSR count). The second-order valence-corrected chi connectivity index (χ2v) is 4.79. The van der Waals surface area contributed by atoms with Gasteiger partial charge in [0.2, 0.25) is 0 Å². The molecule has 0 aliphatic rings. The van der Waals surface area contributed by atoms with Crippen molar-refractivity contribution < 1.29 is 4.74 Å². The molecule has 3 nitrogen and oxygen atoms in total. The Bertz CT molecular complexity index is 162. The van der Waals surface area contributed by atoms with Crippen molar-refractivity contribution in [3.63, 3.8) is 0 Å². The van der Waals surface area contributed by atoms with Crippen LogP contribution in [0.3, 0.4) is 0 Å². The average molecular weight is 216 g/mol. The summed E-state index contributed by atoms with van der Waals surface area (Å²) in [4.78, 5) is 0. The summed E-state index contributed by atoms with van der Waals surface area (Å²) in [6.45, 7) is 11.5. The molecule has 0 aliphatic carbocycles. The first-order valence-electron chi connectivity index (χ1n) is 6.10. The molecule has 2 atom stereocenters. The molecule has 3 N–H and O–H groups in total. The van der Waals surface area contributed by atoms with E-state index < -0.39 is 0 Å². The lowest BCUT2D eigenvalue weighted by atomic mass is 9.88. The van der Waals surface area contributed by atoms with Crippen LogP contribution in [0.1, 0.15) is 53.9 Å². The first-order valence-corrected chi connectivity index (χ1v) is 6.10. The largest absolute Gasteiger partial charge is 0.374 e. The van der Waals surface area contributed by atoms with E-state index in [0.29, 0.717) is 5.92 Å². The minimum atomic E-state index is -0.140. The maximum atomic E-state index is 5.82. The predicted molar refractivity (Wildman–Crippen MR) is 65.5 cm³/mol. The van der Waals surface area contributed by atoms with E-state index in [2.05, 4.69) is 33.1 Å². The highest BCUT2D eigenvalue weighted by atomic mass is 16.5. The third kappa shape index (κ3) is 4.96. The number of nitrogens with one attached hydrogen (secondary N) is 1. The Balaban J connectivity index is 4.32. The molecule has 0 heterocycles. The van der Waals surface area contributed by atoms with Gasteiger partial charge in [0, 0.05) is 12.6 Å². The summed E-state index contributed by atoms with van der Waals surface area (Å²) in [7, 11) is 0. The van der Waals surface area contributed by atoms with Crippen LogP contribution in [0.5, 0.6) is 0 Å². The van der Waals surface area contributed by atoms with Crippen LogP contribution in [-0.2, 0) is 4.74 Å². The Labute approximate surface area is 94.7 Å². The Morgan fingerprint density at radius 3 is 2.20 bits per heavy atom. The molecule has 15 heavy (non-hydrogen) atoms. The molecule has 0 bridgehead atoms. The number of nitrogens with two attached hydrogens (primary N) is 1. The van der Waals surface area contributed by atoms with Crippen LogP contribution in [0.4, 0.5) is 0 Å². The lowest BCUT2D eigenvalue weighted by Crippen LogP contribution is -2.53. The van der Waals surface area contributed by atoms with Gasteiger partial charge in [-0.15, -0.1) is 0 Å². The van der Waals surface area contributed by atoms with Gasteiger partial charge in [0.05, 0.1) is 5.60 Å². The maximum Gasteiger partial charge on any atom is 0.0817 e. The van der Waals surface area contributed by atoms with Gasteiger partial charge in [-0.1, -0.05) is 20.8 Å². The highest BCUT2D eigenvalue weighted by Crippen LogP contribution is 2.24. The second kappa shape index (κ2) is 7.20. The van der Waals surface area contributed by atoms with Gasteiger partial charge in [-0.05, 0) is 39.0 Å². The minimum Gasteiger partial charge on any atom is -0.374 e. The summed E-state index contributed by atoms with van der Waals surface area (Å²) in [5.41, 5.74) is 2.77. The van der Waals surface area contributed by atoms with Crippen LogP contribution in [0.15, 0.2) is 0 Å². The van der Waals surface area contributed by atoms with Gasteiger partial charge in [-0.25, -0.2) is 0 Å². The van der Waals surface area contributed by atoms with Crippen LogP contribution in [0.2, 0.25) is 0 Å². The number of hydrogen-bond acceptors (Lipinski definition) is 3. The molecule has 0 aromatic carbocycles. The molecule has 0 aliphatic heterocycles. The summed E-state index contributed by atoms with van der Waals surface area (Å²) in [6, 6.07) is 0.241. The summed E-state index contributed by atoms with van der Waals surface area (Å²) in [6.07, 6.45) is 3.23. The minimum absolute atomic E-state index is 0.140. The Morgan fingerprint density at radius 1 is 1.27 bits per heavy atom. The van der Waals surface area contributed by atoms with Crippen LogP contribution >= 0.6 is 0 Å². The highest BCUT2D eigenvalue weighted by Gasteiger charge is 2.32. The zero-order chi connectivity index (χ0) is 11.9. The first-order chi connectivity index (χ1) is 7.00. The van der Waals surface area contributed by atoms with Crippen LogP contribution in [-0.4, -0.2) is 18.2 Å². The van der Waals surface area contributed by atoms with Gasteiger partial charge in [-0.2, -0.15) is 0 Å². The Morgan fingerprint density at radius 2 is 1.87 bits per heavy atom. The molecule has 0 saturated heterocycles. The lowest BCUT2D eigenvalue weighted by Gasteiger charge is -2.36. The lowest BCUT2D eigenvalue weighted by molar-refractivity contribution is -0.0579. The van der Waals surface area contributed by atoms with Crippen molar-refractivity contribution in [2.75, 3.05) is 6.61 Å². The number of hydrazine groups is 1. The van der Waals surface area contributed by atoms with Crippen molar-refractivity contribution in [2.24, 2.45) is 11.8 Å². The topological polar surface area (TPSA) is 47.3 Å². The summed E-state index contributed by atoms with van der Waals surface area (Å²) in [5.74, 6) is 6.33. The van der Waals surface area contributed by atoms with Gasteiger partial charge in [0.1, 0.15) is 0 Å². The smallest absolute Gasteiger partial charge is 0.0817 e. The standard InChI is InChI=1S/C12H28N2O/c1-6-12(5,15-7-2)11(14-13)9-8-10(3)4/h10-11,14H,6-9,13H2,1-5H3. The van der Waals surface area contributed by atoms with Crippen LogP contribution < -0.4 is 11.3 Å². The van der Waals surface area contributed by atoms with Crippen molar-refractivity contribution >= 4 is 0 Å². The summed E-state index contributed by atoms with van der Waals surface area (Å²) in [5, 5.41) is 0. The van der Waals surface area contributed by atoms with Crippen molar-refractivity contribution in [1.29, 1.82) is 0 Å². The van der Waals surface area contributed by atoms with E-state index in [0.717, 1.165) is 19.4 Å². The molecule has 0 fully saturated rings. The van der Waals surface area contributed by atoms with E-state index in [-0.39, 0.29) is 11.6 Å². The average Bonchev–Trinajstić information content (AvgIpc) is 2.18. The fraction of sp³-hybridized carbons (Fsp3) is 1.00. The monoisotopic (exact) mass is 216 g/mol. The fourth-order valence-corrected chi connectivity index (χ4v) is 1.84. The number of ether oxygens (including phenoxy) is 1. The van der Waals surface area contributed by atoms with E-state index in [1.807, 2.05) is 6.92 Å². The van der Waals surface area contributed by atoms with E-state index in [9.17, 15) is 0 Å². The predicted octanol–water partition coefficient (Wildman–Crippen LogP) is 2.46. The Kier molecular flexibility index (Phi) is 7.14. The summed E-state index contributed by atoms with van der Waals surface area (Å²) < 4.78 is 5.82. The van der Waals surface area contributed by atoms with Gasteiger partial charge in [0.15, 0.2) is 0 Å². The third-order valence-electron chi connectivity index (χ3n) is 3.15. The van der Waals surface area contributed by atoms with Crippen LogP contribution in [0, 0.1) is 5.92 Å². The number of rotatable bonds is 8. The van der Waals surface area contributed by atoms with E-state index >= 15 is 0 Å². The second-order valence-electron chi connectivity index (χ2n) is 4.79. The molecular weight excluding hydrogens is 188 g/mol. The van der Waals surface area contributed by atoms with Gasteiger partial charge in [0.25, 0.3) is 0 Å². The molecule has 3 heteroatoms. The molecule has 92 valence electrons. The molecule has 0 aromatic rings. The van der Waals surface area contributed by atoms with Crippen molar-refractivity contribution in [1.82, 2.24) is 5.43 Å². The molecule has 0 amide bonds. The van der Waals surface area contributed by atoms with E-state index in [1.54, 1.807) is 0 Å². The molecule has 2 unspecified atom stereocenters. The molecular formula is C12H28N2O. The normalized spacial score (nSPS) is 17.8. The fourth-order valence-electron chi connectivity index (χ4n) is 1.84. The van der Waals surface area contributed by atoms with Gasteiger partial charge < -0.3 is 4.74 Å². The molecule has 0 spiro atoms. The van der Waals surface area contributed by atoms with E-state index in [4.69, 9.17) is 10.6 Å².